The van der Waals surface area contributed by atoms with Gasteiger partial charge < -0.3 is 9.72 Å². The van der Waals surface area contributed by atoms with Crippen molar-refractivity contribution in [2.45, 2.75) is 38.2 Å². The lowest BCUT2D eigenvalue weighted by Gasteiger charge is -2.22. The van der Waals surface area contributed by atoms with Crippen LogP contribution in [0, 0.1) is 0 Å². The summed E-state index contributed by atoms with van der Waals surface area (Å²) in [6.45, 7) is 0. The summed E-state index contributed by atoms with van der Waals surface area (Å²) in [4.78, 5) is 17.0. The third-order valence-electron chi connectivity index (χ3n) is 7.20. The lowest BCUT2D eigenvalue weighted by Crippen LogP contribution is -2.19. The van der Waals surface area contributed by atoms with E-state index in [1.165, 1.54) is 19.3 Å². The highest BCUT2D eigenvalue weighted by Gasteiger charge is 2.17. The number of benzene rings is 1. The second-order valence-electron chi connectivity index (χ2n) is 9.67. The van der Waals surface area contributed by atoms with Crippen LogP contribution >= 0.6 is 0 Å². The van der Waals surface area contributed by atoms with Crippen molar-refractivity contribution in [2.24, 2.45) is 0 Å². The molecule has 0 unspecified atom stereocenters. The van der Waals surface area contributed by atoms with Crippen LogP contribution in [0.25, 0.3) is 55.6 Å². The number of H-pyrrole nitrogens is 2. The van der Waals surface area contributed by atoms with E-state index in [0.29, 0.717) is 0 Å². The van der Waals surface area contributed by atoms with Crippen molar-refractivity contribution < 1.29 is 4.74 Å². The lowest BCUT2D eigenvalue weighted by molar-refractivity contribution is 0.154. The molecule has 2 N–H and O–H groups in total. The minimum absolute atomic E-state index is 0.278. The Kier molecular flexibility index (Phi) is 5.39. The SMILES string of the molecule is c1cncc(-c2cccc3[nH]c(-c4n[nH]c5cnc(-c6cncc(OC7CCCCC7)c6)cc45)cc23)c1. The van der Waals surface area contributed by atoms with E-state index in [0.717, 1.165) is 74.2 Å². The Balaban J connectivity index is 1.26. The maximum Gasteiger partial charge on any atom is 0.138 e. The zero-order valence-corrected chi connectivity index (χ0v) is 20.3. The van der Waals surface area contributed by atoms with Crippen molar-refractivity contribution in [3.63, 3.8) is 0 Å². The molecule has 7 heteroatoms. The predicted octanol–water partition coefficient (Wildman–Crippen LogP) is 6.94. The molecule has 1 aliphatic carbocycles. The second-order valence-corrected chi connectivity index (χ2v) is 9.67. The molecule has 0 saturated heterocycles. The summed E-state index contributed by atoms with van der Waals surface area (Å²) in [6.07, 6.45) is 15.4. The highest BCUT2D eigenvalue weighted by molar-refractivity contribution is 6.01. The van der Waals surface area contributed by atoms with Gasteiger partial charge in [-0.2, -0.15) is 5.10 Å². The number of hydrogen-bond donors (Lipinski definition) is 2. The predicted molar refractivity (Wildman–Crippen MR) is 145 cm³/mol. The average Bonchev–Trinajstić information content (AvgIpc) is 3.58. The van der Waals surface area contributed by atoms with Gasteiger partial charge in [0.05, 0.1) is 35.4 Å². The van der Waals surface area contributed by atoms with Crippen molar-refractivity contribution in [3.8, 4) is 39.5 Å². The molecule has 0 bridgehead atoms. The van der Waals surface area contributed by atoms with E-state index in [-0.39, 0.29) is 6.10 Å². The van der Waals surface area contributed by atoms with E-state index in [4.69, 9.17) is 4.74 Å². The van der Waals surface area contributed by atoms with Gasteiger partial charge >= 0.3 is 0 Å². The van der Waals surface area contributed by atoms with Gasteiger partial charge in [0.25, 0.3) is 0 Å². The lowest BCUT2D eigenvalue weighted by atomic mass is 9.98. The number of hydrogen-bond acceptors (Lipinski definition) is 5. The normalized spacial score (nSPS) is 14.4. The van der Waals surface area contributed by atoms with E-state index in [9.17, 15) is 0 Å². The van der Waals surface area contributed by atoms with Gasteiger partial charge in [-0.15, -0.1) is 0 Å². The molecule has 0 spiro atoms. The van der Waals surface area contributed by atoms with E-state index in [2.05, 4.69) is 66.5 Å². The minimum atomic E-state index is 0.278. The molecular weight excluding hydrogens is 460 g/mol. The number of nitrogens with one attached hydrogen (secondary N) is 2. The first-order valence-electron chi connectivity index (χ1n) is 12.8. The molecule has 1 fully saturated rings. The van der Waals surface area contributed by atoms with Crippen LogP contribution in [0.2, 0.25) is 0 Å². The Hall–Kier alpha value is -4.52. The molecular formula is C30H26N6O. The fourth-order valence-electron chi connectivity index (χ4n) is 5.34. The minimum Gasteiger partial charge on any atom is -0.489 e. The molecule has 37 heavy (non-hydrogen) atoms. The van der Waals surface area contributed by atoms with E-state index in [1.807, 2.05) is 30.7 Å². The molecule has 1 saturated carbocycles. The molecule has 5 heterocycles. The van der Waals surface area contributed by atoms with Crippen LogP contribution in [0.5, 0.6) is 5.75 Å². The number of ether oxygens (including phenoxy) is 1. The summed E-state index contributed by atoms with van der Waals surface area (Å²) in [5.41, 5.74) is 7.72. The van der Waals surface area contributed by atoms with Crippen LogP contribution in [-0.4, -0.2) is 36.2 Å². The summed E-state index contributed by atoms with van der Waals surface area (Å²) in [7, 11) is 0. The van der Waals surface area contributed by atoms with Crippen molar-refractivity contribution in [1.82, 2.24) is 30.1 Å². The molecule has 0 aliphatic heterocycles. The molecule has 7 rings (SSSR count). The van der Waals surface area contributed by atoms with Crippen molar-refractivity contribution in [1.29, 1.82) is 0 Å². The summed E-state index contributed by atoms with van der Waals surface area (Å²) < 4.78 is 6.25. The molecule has 1 aliphatic rings. The van der Waals surface area contributed by atoms with Gasteiger partial charge in [-0.25, -0.2) is 0 Å². The first-order valence-corrected chi connectivity index (χ1v) is 12.8. The number of rotatable bonds is 5. The van der Waals surface area contributed by atoms with Crippen LogP contribution < -0.4 is 4.74 Å². The summed E-state index contributed by atoms with van der Waals surface area (Å²) in [6, 6.07) is 16.6. The summed E-state index contributed by atoms with van der Waals surface area (Å²) in [5.74, 6) is 0.803. The van der Waals surface area contributed by atoms with Gasteiger partial charge in [-0.3, -0.25) is 20.1 Å². The van der Waals surface area contributed by atoms with Gasteiger partial charge in [-0.1, -0.05) is 24.6 Å². The van der Waals surface area contributed by atoms with Crippen LogP contribution in [-0.2, 0) is 0 Å². The number of pyridine rings is 3. The topological polar surface area (TPSA) is 92.4 Å². The van der Waals surface area contributed by atoms with Crippen LogP contribution in [0.1, 0.15) is 32.1 Å². The largest absolute Gasteiger partial charge is 0.489 e. The first kappa shape index (κ1) is 21.7. The number of fused-ring (bicyclic) bond motifs is 2. The van der Waals surface area contributed by atoms with Gasteiger partial charge in [0, 0.05) is 46.0 Å². The molecule has 6 aromatic rings. The van der Waals surface area contributed by atoms with Gasteiger partial charge in [0.2, 0.25) is 0 Å². The Morgan fingerprint density at radius 1 is 0.784 bits per heavy atom. The zero-order chi connectivity index (χ0) is 24.6. The molecule has 0 atom stereocenters. The van der Waals surface area contributed by atoms with Gasteiger partial charge in [0.15, 0.2) is 0 Å². The molecule has 7 nitrogen and oxygen atoms in total. The van der Waals surface area contributed by atoms with Crippen LogP contribution in [0.15, 0.2) is 79.5 Å². The fourth-order valence-corrected chi connectivity index (χ4v) is 5.34. The third kappa shape index (κ3) is 4.12. The smallest absolute Gasteiger partial charge is 0.138 e. The quantitative estimate of drug-likeness (QED) is 0.275. The van der Waals surface area contributed by atoms with Crippen LogP contribution in [0.3, 0.4) is 0 Å². The molecule has 1 aromatic carbocycles. The zero-order valence-electron chi connectivity index (χ0n) is 20.3. The molecule has 5 aromatic heterocycles. The second kappa shape index (κ2) is 9.17. The van der Waals surface area contributed by atoms with Crippen LogP contribution in [0.4, 0.5) is 0 Å². The monoisotopic (exact) mass is 486 g/mol. The maximum atomic E-state index is 6.25. The summed E-state index contributed by atoms with van der Waals surface area (Å²) >= 11 is 0. The fraction of sp³-hybridized carbons (Fsp3) is 0.200. The third-order valence-corrected chi connectivity index (χ3v) is 7.20. The Bertz CT molecular complexity index is 1700. The highest BCUT2D eigenvalue weighted by atomic mass is 16.5. The average molecular weight is 487 g/mol. The number of aromatic amines is 2. The van der Waals surface area contributed by atoms with E-state index in [1.54, 1.807) is 12.4 Å². The van der Waals surface area contributed by atoms with Gasteiger partial charge in [0.1, 0.15) is 11.4 Å². The summed E-state index contributed by atoms with van der Waals surface area (Å²) in [5, 5.41) is 9.91. The Morgan fingerprint density at radius 2 is 1.70 bits per heavy atom. The molecule has 182 valence electrons. The number of nitrogens with zero attached hydrogens (tertiary/aromatic N) is 4. The standard InChI is InChI=1S/C30H26N6O/c1-2-7-21(8-3-1)37-22-12-20(16-32-17-22)27-14-25-29(18-33-27)35-36-30(25)28-13-24-23(9-4-10-26(24)34-28)19-6-5-11-31-15-19/h4-6,9-18,21,34H,1-3,7-8H2,(H,35,36). The van der Waals surface area contributed by atoms with E-state index >= 15 is 0 Å². The Labute approximate surface area is 214 Å². The highest BCUT2D eigenvalue weighted by Crippen LogP contribution is 2.35. The molecule has 0 amide bonds. The van der Waals surface area contributed by atoms with E-state index < -0.39 is 0 Å². The van der Waals surface area contributed by atoms with Crippen molar-refractivity contribution in [3.05, 3.63) is 79.5 Å². The van der Waals surface area contributed by atoms with Crippen molar-refractivity contribution >= 4 is 21.8 Å². The first-order chi connectivity index (χ1) is 18.3. The number of aromatic nitrogens is 6. The van der Waals surface area contributed by atoms with Crippen molar-refractivity contribution in [2.75, 3.05) is 0 Å². The molecule has 0 radical (unpaired) electrons. The Morgan fingerprint density at radius 3 is 2.59 bits per heavy atom. The maximum absolute atomic E-state index is 6.25. The van der Waals surface area contributed by atoms with Gasteiger partial charge in [-0.05, 0) is 61.6 Å².